The minimum absolute atomic E-state index is 0.224. The van der Waals surface area contributed by atoms with Gasteiger partial charge in [-0.2, -0.15) is 0 Å². The SMILES string of the molecule is CC1(C)c2cc(-c3ccccc3)ccc2-c2c(N(c3ccc(-c4ccccc4)cc3)c3ccc4c(c3)C(c3ccccc3)(c3ccccc3)c3ccccc3-4)ccc3cccc1c23. The third kappa shape index (κ3) is 5.63. The second-order valence-electron chi connectivity index (χ2n) is 17.6. The number of benzene rings is 10. The van der Waals surface area contributed by atoms with E-state index >= 15 is 0 Å². The van der Waals surface area contributed by atoms with Crippen molar-refractivity contribution >= 4 is 27.8 Å². The predicted molar refractivity (Wildman–Crippen MR) is 264 cm³/mol. The van der Waals surface area contributed by atoms with Gasteiger partial charge in [-0.3, -0.25) is 0 Å². The second kappa shape index (κ2) is 14.4. The molecule has 1 heteroatoms. The van der Waals surface area contributed by atoms with Crippen molar-refractivity contribution in [1.82, 2.24) is 0 Å². The van der Waals surface area contributed by atoms with Crippen molar-refractivity contribution in [2.24, 2.45) is 0 Å². The van der Waals surface area contributed by atoms with Crippen LogP contribution in [0.25, 0.3) is 55.3 Å². The van der Waals surface area contributed by atoms with Crippen LogP contribution in [-0.2, 0) is 10.8 Å². The van der Waals surface area contributed by atoms with Crippen LogP contribution in [0.1, 0.15) is 47.2 Å². The van der Waals surface area contributed by atoms with Crippen molar-refractivity contribution in [3.8, 4) is 44.5 Å². The Morgan fingerprint density at radius 3 is 1.54 bits per heavy atom. The first-order chi connectivity index (χ1) is 31.0. The molecule has 0 unspecified atom stereocenters. The highest BCUT2D eigenvalue weighted by molar-refractivity contribution is 6.10. The lowest BCUT2D eigenvalue weighted by Crippen LogP contribution is -2.28. The maximum absolute atomic E-state index is 2.53. The van der Waals surface area contributed by atoms with Gasteiger partial charge in [0, 0.05) is 22.4 Å². The average Bonchev–Trinajstić information content (AvgIpc) is 3.65. The molecule has 0 saturated carbocycles. The molecule has 0 aliphatic heterocycles. The third-order valence-electron chi connectivity index (χ3n) is 13.9. The Morgan fingerprint density at radius 2 is 0.857 bits per heavy atom. The summed E-state index contributed by atoms with van der Waals surface area (Å²) >= 11 is 0. The molecule has 12 rings (SSSR count). The van der Waals surface area contributed by atoms with Crippen molar-refractivity contribution < 1.29 is 0 Å². The summed E-state index contributed by atoms with van der Waals surface area (Å²) in [5.41, 5.74) is 20.4. The van der Waals surface area contributed by atoms with Gasteiger partial charge >= 0.3 is 0 Å². The summed E-state index contributed by atoms with van der Waals surface area (Å²) in [7, 11) is 0. The number of nitrogens with zero attached hydrogens (tertiary/aromatic N) is 1. The normalized spacial score (nSPS) is 13.8. The van der Waals surface area contributed by atoms with Gasteiger partial charge in [0.05, 0.1) is 11.1 Å². The van der Waals surface area contributed by atoms with Gasteiger partial charge in [0.25, 0.3) is 0 Å². The van der Waals surface area contributed by atoms with Crippen LogP contribution in [0.15, 0.2) is 237 Å². The van der Waals surface area contributed by atoms with Crippen molar-refractivity contribution in [2.45, 2.75) is 24.7 Å². The first-order valence-corrected chi connectivity index (χ1v) is 22.1. The highest BCUT2D eigenvalue weighted by atomic mass is 15.1. The summed E-state index contributed by atoms with van der Waals surface area (Å²) in [6.45, 7) is 4.80. The molecule has 63 heavy (non-hydrogen) atoms. The summed E-state index contributed by atoms with van der Waals surface area (Å²) in [5.74, 6) is 0. The quantitative estimate of drug-likeness (QED) is 0.155. The van der Waals surface area contributed by atoms with Crippen LogP contribution in [0, 0.1) is 0 Å². The summed E-state index contributed by atoms with van der Waals surface area (Å²) in [6, 6.07) is 87.9. The first kappa shape index (κ1) is 37.1. The highest BCUT2D eigenvalue weighted by Gasteiger charge is 2.46. The molecule has 0 spiro atoms. The van der Waals surface area contributed by atoms with E-state index in [1.807, 2.05) is 0 Å². The Morgan fingerprint density at radius 1 is 0.333 bits per heavy atom. The second-order valence-corrected chi connectivity index (χ2v) is 17.6. The lowest BCUT2D eigenvalue weighted by atomic mass is 9.67. The molecule has 2 aliphatic rings. The molecular formula is C62H45N. The number of anilines is 3. The Hall–Kier alpha value is -7.74. The summed E-state index contributed by atoms with van der Waals surface area (Å²) in [4.78, 5) is 2.53. The molecular weight excluding hydrogens is 759 g/mol. The average molecular weight is 804 g/mol. The summed E-state index contributed by atoms with van der Waals surface area (Å²) in [5, 5.41) is 2.58. The molecule has 10 aromatic carbocycles. The molecule has 298 valence electrons. The van der Waals surface area contributed by atoms with E-state index in [1.165, 1.54) is 88.7 Å². The van der Waals surface area contributed by atoms with Crippen molar-refractivity contribution in [1.29, 1.82) is 0 Å². The zero-order valence-corrected chi connectivity index (χ0v) is 35.5. The van der Waals surface area contributed by atoms with Crippen LogP contribution in [-0.4, -0.2) is 0 Å². The van der Waals surface area contributed by atoms with E-state index in [1.54, 1.807) is 0 Å². The smallest absolute Gasteiger partial charge is 0.0714 e. The van der Waals surface area contributed by atoms with Gasteiger partial charge in [-0.1, -0.05) is 214 Å². The zero-order chi connectivity index (χ0) is 42.1. The lowest BCUT2D eigenvalue weighted by molar-refractivity contribution is 0.645. The summed E-state index contributed by atoms with van der Waals surface area (Å²) in [6.07, 6.45) is 0. The standard InChI is InChI=1S/C62H45N/c1-61(2)55-29-17-22-45-33-39-58(60(59(45)55)53-37-32-46(40-56(53)61)43-20-9-4-10-21-43)63(49-34-30-44(31-35-49)42-18-7-3-8-19-42)50-36-38-52-51-27-15-16-28-54(51)62(57(52)41-50,47-23-11-5-12-24-47)48-25-13-6-14-26-48/h3-41H,1-2H3. The van der Waals surface area contributed by atoms with E-state index in [2.05, 4.69) is 255 Å². The Balaban J connectivity index is 1.15. The van der Waals surface area contributed by atoms with E-state index in [0.29, 0.717) is 0 Å². The minimum Gasteiger partial charge on any atom is -0.310 e. The van der Waals surface area contributed by atoms with Gasteiger partial charge in [0.1, 0.15) is 0 Å². The molecule has 2 aliphatic carbocycles. The van der Waals surface area contributed by atoms with Crippen molar-refractivity contribution in [3.05, 3.63) is 270 Å². The molecule has 0 saturated heterocycles. The van der Waals surface area contributed by atoms with E-state index < -0.39 is 5.41 Å². The largest absolute Gasteiger partial charge is 0.310 e. The van der Waals surface area contributed by atoms with Crippen molar-refractivity contribution in [3.63, 3.8) is 0 Å². The lowest BCUT2D eigenvalue weighted by Gasteiger charge is -2.38. The molecule has 0 radical (unpaired) electrons. The van der Waals surface area contributed by atoms with Gasteiger partial charge < -0.3 is 4.90 Å². The van der Waals surface area contributed by atoms with Crippen LogP contribution < -0.4 is 4.90 Å². The summed E-state index contributed by atoms with van der Waals surface area (Å²) < 4.78 is 0. The molecule has 0 atom stereocenters. The highest BCUT2D eigenvalue weighted by Crippen LogP contribution is 2.59. The molecule has 0 aromatic heterocycles. The fraction of sp³-hybridized carbons (Fsp3) is 0.0645. The fourth-order valence-corrected chi connectivity index (χ4v) is 11.0. The molecule has 10 aromatic rings. The Kier molecular flexibility index (Phi) is 8.49. The van der Waals surface area contributed by atoms with Crippen LogP contribution in [0.5, 0.6) is 0 Å². The van der Waals surface area contributed by atoms with Gasteiger partial charge in [0.15, 0.2) is 0 Å². The number of hydrogen-bond donors (Lipinski definition) is 0. The number of rotatable bonds is 7. The van der Waals surface area contributed by atoms with Crippen LogP contribution in [0.4, 0.5) is 17.1 Å². The maximum atomic E-state index is 2.53. The molecule has 1 nitrogen and oxygen atoms in total. The predicted octanol–water partition coefficient (Wildman–Crippen LogP) is 16.3. The topological polar surface area (TPSA) is 3.24 Å². The first-order valence-electron chi connectivity index (χ1n) is 22.1. The maximum Gasteiger partial charge on any atom is 0.0714 e. The number of hydrogen-bond acceptors (Lipinski definition) is 1. The molecule has 0 amide bonds. The fourth-order valence-electron chi connectivity index (χ4n) is 11.0. The van der Waals surface area contributed by atoms with Gasteiger partial charge in [-0.05, 0) is 119 Å². The zero-order valence-electron chi connectivity index (χ0n) is 35.5. The third-order valence-corrected chi connectivity index (χ3v) is 13.9. The van der Waals surface area contributed by atoms with Gasteiger partial charge in [-0.15, -0.1) is 0 Å². The molecule has 0 bridgehead atoms. The molecule has 0 fully saturated rings. The van der Waals surface area contributed by atoms with E-state index in [4.69, 9.17) is 0 Å². The Labute approximate surface area is 370 Å². The Bertz CT molecular complexity index is 3290. The minimum atomic E-state index is -0.525. The van der Waals surface area contributed by atoms with E-state index in [9.17, 15) is 0 Å². The molecule has 0 N–H and O–H groups in total. The van der Waals surface area contributed by atoms with E-state index in [0.717, 1.165) is 17.1 Å². The van der Waals surface area contributed by atoms with Crippen LogP contribution in [0.3, 0.4) is 0 Å². The van der Waals surface area contributed by atoms with Crippen molar-refractivity contribution in [2.75, 3.05) is 4.90 Å². The van der Waals surface area contributed by atoms with Crippen LogP contribution in [0.2, 0.25) is 0 Å². The van der Waals surface area contributed by atoms with Gasteiger partial charge in [0.2, 0.25) is 0 Å². The van der Waals surface area contributed by atoms with Crippen LogP contribution >= 0.6 is 0 Å². The monoisotopic (exact) mass is 803 g/mol. The number of fused-ring (bicyclic) bond motifs is 5. The van der Waals surface area contributed by atoms with Gasteiger partial charge in [-0.25, -0.2) is 0 Å². The van der Waals surface area contributed by atoms with E-state index in [-0.39, 0.29) is 5.41 Å². The molecule has 0 heterocycles.